The van der Waals surface area contributed by atoms with E-state index in [9.17, 15) is 4.79 Å². The maximum atomic E-state index is 12.1. The van der Waals surface area contributed by atoms with E-state index in [2.05, 4.69) is 31.1 Å². The third-order valence-corrected chi connectivity index (χ3v) is 3.85. The number of carbonyl (C=O) groups is 1. The first-order valence-corrected chi connectivity index (χ1v) is 8.46. The second kappa shape index (κ2) is 11.0. The van der Waals surface area contributed by atoms with Gasteiger partial charge >= 0.3 is 5.97 Å². The molecular formula is C17H36N2O2. The highest BCUT2D eigenvalue weighted by Crippen LogP contribution is 2.16. The van der Waals surface area contributed by atoms with Crippen molar-refractivity contribution in [3.05, 3.63) is 0 Å². The van der Waals surface area contributed by atoms with E-state index >= 15 is 0 Å². The Balaban J connectivity index is 4.06. The molecule has 0 fully saturated rings. The molecule has 126 valence electrons. The number of esters is 1. The van der Waals surface area contributed by atoms with E-state index in [0.29, 0.717) is 6.61 Å². The lowest BCUT2D eigenvalue weighted by atomic mass is 9.94. The summed E-state index contributed by atoms with van der Waals surface area (Å²) in [6.45, 7) is 13.8. The molecule has 0 rings (SSSR count). The fourth-order valence-corrected chi connectivity index (χ4v) is 2.39. The standard InChI is InChI=1S/C17H36N2O2/c1-7-18-17(5,16(20)21-8-2)12-9-10-13-19(6)14-11-15(3)4/h15,18H,7-14H2,1-6H3. The number of ether oxygens (including phenoxy) is 1. The van der Waals surface area contributed by atoms with Gasteiger partial charge in [0.1, 0.15) is 5.54 Å². The zero-order valence-electron chi connectivity index (χ0n) is 15.0. The molecule has 0 bridgehead atoms. The van der Waals surface area contributed by atoms with Gasteiger partial charge in [0.15, 0.2) is 0 Å². The molecule has 0 aliphatic rings. The fourth-order valence-electron chi connectivity index (χ4n) is 2.39. The lowest BCUT2D eigenvalue weighted by Crippen LogP contribution is -2.50. The molecule has 1 atom stereocenters. The predicted octanol–water partition coefficient (Wildman–Crippen LogP) is 3.07. The van der Waals surface area contributed by atoms with Crippen molar-refractivity contribution in [1.82, 2.24) is 10.2 Å². The predicted molar refractivity (Wildman–Crippen MR) is 89.5 cm³/mol. The maximum Gasteiger partial charge on any atom is 0.326 e. The summed E-state index contributed by atoms with van der Waals surface area (Å²) in [7, 11) is 2.18. The Morgan fingerprint density at radius 1 is 1.24 bits per heavy atom. The molecule has 0 aromatic carbocycles. The van der Waals surface area contributed by atoms with Gasteiger partial charge < -0.3 is 15.0 Å². The number of unbranched alkanes of at least 4 members (excludes halogenated alkanes) is 1. The summed E-state index contributed by atoms with van der Waals surface area (Å²) in [4.78, 5) is 14.4. The number of rotatable bonds is 12. The first-order chi connectivity index (χ1) is 9.85. The highest BCUT2D eigenvalue weighted by Gasteiger charge is 2.32. The van der Waals surface area contributed by atoms with Gasteiger partial charge in [-0.25, -0.2) is 0 Å². The molecule has 1 unspecified atom stereocenters. The molecular weight excluding hydrogens is 264 g/mol. The molecule has 0 amide bonds. The van der Waals surface area contributed by atoms with Crippen LogP contribution in [0.2, 0.25) is 0 Å². The second-order valence-electron chi connectivity index (χ2n) is 6.53. The largest absolute Gasteiger partial charge is 0.465 e. The molecule has 4 nitrogen and oxygen atoms in total. The van der Waals surface area contributed by atoms with Gasteiger partial charge in [-0.15, -0.1) is 0 Å². The first-order valence-electron chi connectivity index (χ1n) is 8.46. The van der Waals surface area contributed by atoms with Gasteiger partial charge in [0.25, 0.3) is 0 Å². The fraction of sp³-hybridized carbons (Fsp3) is 0.941. The van der Waals surface area contributed by atoms with Crippen LogP contribution < -0.4 is 5.32 Å². The number of hydrogen-bond donors (Lipinski definition) is 1. The van der Waals surface area contributed by atoms with E-state index < -0.39 is 5.54 Å². The van der Waals surface area contributed by atoms with Crippen molar-refractivity contribution < 1.29 is 9.53 Å². The monoisotopic (exact) mass is 300 g/mol. The van der Waals surface area contributed by atoms with Gasteiger partial charge in [0.2, 0.25) is 0 Å². The molecule has 0 radical (unpaired) electrons. The zero-order chi connectivity index (χ0) is 16.3. The Labute approximate surface area is 131 Å². The minimum atomic E-state index is -0.540. The van der Waals surface area contributed by atoms with Gasteiger partial charge in [-0.2, -0.15) is 0 Å². The summed E-state index contributed by atoms with van der Waals surface area (Å²) >= 11 is 0. The molecule has 1 N–H and O–H groups in total. The van der Waals surface area contributed by atoms with Crippen molar-refractivity contribution >= 4 is 5.97 Å². The van der Waals surface area contributed by atoms with Crippen LogP contribution in [-0.2, 0) is 9.53 Å². The number of likely N-dealkylation sites (N-methyl/N-ethyl adjacent to an activating group) is 1. The minimum absolute atomic E-state index is 0.125. The Morgan fingerprint density at radius 2 is 1.90 bits per heavy atom. The van der Waals surface area contributed by atoms with E-state index in [0.717, 1.165) is 44.8 Å². The van der Waals surface area contributed by atoms with Crippen molar-refractivity contribution in [2.24, 2.45) is 5.92 Å². The van der Waals surface area contributed by atoms with Gasteiger partial charge in [0.05, 0.1) is 6.61 Å². The lowest BCUT2D eigenvalue weighted by molar-refractivity contribution is -0.150. The van der Waals surface area contributed by atoms with E-state index in [4.69, 9.17) is 4.74 Å². The molecule has 0 aromatic heterocycles. The summed E-state index contributed by atoms with van der Waals surface area (Å²) < 4.78 is 5.19. The Morgan fingerprint density at radius 3 is 2.43 bits per heavy atom. The minimum Gasteiger partial charge on any atom is -0.465 e. The van der Waals surface area contributed by atoms with Crippen molar-refractivity contribution in [3.63, 3.8) is 0 Å². The third-order valence-electron chi connectivity index (χ3n) is 3.85. The smallest absolute Gasteiger partial charge is 0.326 e. The Kier molecular flexibility index (Phi) is 10.7. The van der Waals surface area contributed by atoms with Crippen LogP contribution in [0.4, 0.5) is 0 Å². The van der Waals surface area contributed by atoms with Crippen LogP contribution in [0.3, 0.4) is 0 Å². The highest BCUT2D eigenvalue weighted by molar-refractivity contribution is 5.80. The summed E-state index contributed by atoms with van der Waals surface area (Å²) in [6, 6.07) is 0. The maximum absolute atomic E-state index is 12.1. The molecule has 0 aromatic rings. The quantitative estimate of drug-likeness (QED) is 0.444. The summed E-state index contributed by atoms with van der Waals surface area (Å²) in [5.74, 6) is 0.633. The van der Waals surface area contributed by atoms with E-state index in [1.54, 1.807) is 0 Å². The highest BCUT2D eigenvalue weighted by atomic mass is 16.5. The third kappa shape index (κ3) is 9.10. The van der Waals surface area contributed by atoms with Gasteiger partial charge in [-0.05, 0) is 72.1 Å². The van der Waals surface area contributed by atoms with Gasteiger partial charge in [-0.1, -0.05) is 20.8 Å². The SMILES string of the molecule is CCNC(C)(CCCCN(C)CCC(C)C)C(=O)OCC. The molecule has 0 aliphatic carbocycles. The molecule has 4 heteroatoms. The van der Waals surface area contributed by atoms with Crippen molar-refractivity contribution in [1.29, 1.82) is 0 Å². The van der Waals surface area contributed by atoms with E-state index in [1.165, 1.54) is 6.42 Å². The van der Waals surface area contributed by atoms with Crippen LogP contribution in [0.5, 0.6) is 0 Å². The summed E-state index contributed by atoms with van der Waals surface area (Å²) in [5, 5.41) is 3.28. The zero-order valence-corrected chi connectivity index (χ0v) is 15.0. The number of carbonyl (C=O) groups excluding carboxylic acids is 1. The molecule has 0 saturated carbocycles. The van der Waals surface area contributed by atoms with E-state index in [1.807, 2.05) is 20.8 Å². The molecule has 21 heavy (non-hydrogen) atoms. The Hall–Kier alpha value is -0.610. The molecule has 0 spiro atoms. The van der Waals surface area contributed by atoms with Crippen LogP contribution >= 0.6 is 0 Å². The molecule has 0 heterocycles. The topological polar surface area (TPSA) is 41.6 Å². The van der Waals surface area contributed by atoms with Gasteiger partial charge in [-0.3, -0.25) is 4.79 Å². The lowest BCUT2D eigenvalue weighted by Gasteiger charge is -2.28. The van der Waals surface area contributed by atoms with Crippen LogP contribution in [-0.4, -0.2) is 49.7 Å². The number of nitrogens with one attached hydrogen (secondary N) is 1. The molecule has 0 saturated heterocycles. The van der Waals surface area contributed by atoms with E-state index in [-0.39, 0.29) is 5.97 Å². The van der Waals surface area contributed by atoms with Crippen LogP contribution in [0.25, 0.3) is 0 Å². The summed E-state index contributed by atoms with van der Waals surface area (Å²) in [6.07, 6.45) is 4.23. The average molecular weight is 300 g/mol. The first kappa shape index (κ1) is 20.4. The van der Waals surface area contributed by atoms with Crippen molar-refractivity contribution in [3.8, 4) is 0 Å². The van der Waals surface area contributed by atoms with Crippen molar-refractivity contribution in [2.45, 2.75) is 65.8 Å². The van der Waals surface area contributed by atoms with Crippen LogP contribution in [0, 0.1) is 5.92 Å². The number of hydrogen-bond acceptors (Lipinski definition) is 4. The van der Waals surface area contributed by atoms with Gasteiger partial charge in [0, 0.05) is 0 Å². The van der Waals surface area contributed by atoms with Crippen LogP contribution in [0.15, 0.2) is 0 Å². The van der Waals surface area contributed by atoms with Crippen molar-refractivity contribution in [2.75, 3.05) is 33.3 Å². The summed E-state index contributed by atoms with van der Waals surface area (Å²) in [5.41, 5.74) is -0.540. The molecule has 0 aliphatic heterocycles. The number of nitrogens with zero attached hydrogens (tertiary/aromatic N) is 1. The average Bonchev–Trinajstić information content (AvgIpc) is 2.42. The second-order valence-corrected chi connectivity index (χ2v) is 6.53. The normalized spacial score (nSPS) is 14.5. The Bertz CT molecular complexity index is 282. The van der Waals surface area contributed by atoms with Crippen LogP contribution in [0.1, 0.15) is 60.3 Å².